The van der Waals surface area contributed by atoms with Gasteiger partial charge >= 0.3 is 5.97 Å². The molecule has 2 aromatic carbocycles. The van der Waals surface area contributed by atoms with Crippen molar-refractivity contribution in [1.29, 1.82) is 0 Å². The molecule has 1 N–H and O–H groups in total. The van der Waals surface area contributed by atoms with Gasteiger partial charge in [-0.05, 0) is 69.3 Å². The maximum atomic E-state index is 12.9. The topological polar surface area (TPSA) is 106 Å². The average molecular weight is 445 g/mol. The van der Waals surface area contributed by atoms with E-state index in [1.165, 1.54) is 0 Å². The van der Waals surface area contributed by atoms with Crippen LogP contribution in [0, 0.1) is 6.92 Å². The van der Waals surface area contributed by atoms with Gasteiger partial charge in [-0.2, -0.15) is 0 Å². The summed E-state index contributed by atoms with van der Waals surface area (Å²) in [6, 6.07) is 13.0. The van der Waals surface area contributed by atoms with Gasteiger partial charge in [0.05, 0.1) is 28.6 Å². The van der Waals surface area contributed by atoms with E-state index in [9.17, 15) is 19.2 Å². The molecule has 8 nitrogen and oxygen atoms in total. The van der Waals surface area contributed by atoms with Crippen LogP contribution in [-0.2, 0) is 14.3 Å². The van der Waals surface area contributed by atoms with E-state index in [1.807, 2.05) is 6.92 Å². The first-order valence-electron chi connectivity index (χ1n) is 10.6. The summed E-state index contributed by atoms with van der Waals surface area (Å²) in [6.07, 6.45) is 0.141. The number of carbonyl (C=O) groups is 4. The number of ether oxygens (including phenoxy) is 1. The molecule has 0 atom stereocenters. The second-order valence-corrected chi connectivity index (χ2v) is 8.12. The monoisotopic (exact) mass is 445 g/mol. The number of hydrogen-bond acceptors (Lipinski definition) is 6. The number of pyridine rings is 1. The van der Waals surface area contributed by atoms with E-state index in [1.54, 1.807) is 62.4 Å². The molecule has 2 heterocycles. The first kappa shape index (κ1) is 22.1. The molecule has 0 spiro atoms. The van der Waals surface area contributed by atoms with Gasteiger partial charge in [0, 0.05) is 29.5 Å². The second-order valence-electron chi connectivity index (χ2n) is 8.12. The SMILES string of the molecule is Cc1cc(NC(=O)c2ccc(N3C(=O)CCC3=O)cc2)c2cc(C(=O)OC(C)C)ccc2n1. The third-order valence-electron chi connectivity index (χ3n) is 5.20. The lowest BCUT2D eigenvalue weighted by molar-refractivity contribution is -0.121. The van der Waals surface area contributed by atoms with E-state index >= 15 is 0 Å². The summed E-state index contributed by atoms with van der Waals surface area (Å²) in [5.74, 6) is -1.32. The van der Waals surface area contributed by atoms with Crippen LogP contribution in [0.3, 0.4) is 0 Å². The third-order valence-corrected chi connectivity index (χ3v) is 5.20. The molecule has 1 aliphatic rings. The fraction of sp³-hybridized carbons (Fsp3) is 0.240. The highest BCUT2D eigenvalue weighted by atomic mass is 16.5. The lowest BCUT2D eigenvalue weighted by atomic mass is 10.1. The molecule has 3 amide bonds. The van der Waals surface area contributed by atoms with Crippen molar-refractivity contribution in [2.24, 2.45) is 0 Å². The first-order valence-corrected chi connectivity index (χ1v) is 10.6. The highest BCUT2D eigenvalue weighted by Gasteiger charge is 2.30. The Morgan fingerprint density at radius 1 is 0.970 bits per heavy atom. The number of aryl methyl sites for hydroxylation is 1. The van der Waals surface area contributed by atoms with E-state index in [2.05, 4.69) is 10.3 Å². The van der Waals surface area contributed by atoms with Gasteiger partial charge in [-0.1, -0.05) is 0 Å². The number of amides is 3. The van der Waals surface area contributed by atoms with Crippen LogP contribution in [0.2, 0.25) is 0 Å². The molecule has 1 saturated heterocycles. The quantitative estimate of drug-likeness (QED) is 0.470. The molecule has 8 heteroatoms. The van der Waals surface area contributed by atoms with Crippen LogP contribution in [0.5, 0.6) is 0 Å². The van der Waals surface area contributed by atoms with Crippen molar-refractivity contribution in [2.45, 2.75) is 39.7 Å². The smallest absolute Gasteiger partial charge is 0.338 e. The van der Waals surface area contributed by atoms with Crippen LogP contribution in [0.25, 0.3) is 10.9 Å². The normalized spacial score (nSPS) is 13.6. The Bertz CT molecular complexity index is 1270. The Hall–Kier alpha value is -4.07. The van der Waals surface area contributed by atoms with Crippen molar-refractivity contribution in [3.05, 3.63) is 65.4 Å². The van der Waals surface area contributed by atoms with Gasteiger partial charge in [0.1, 0.15) is 0 Å². The zero-order valence-corrected chi connectivity index (χ0v) is 18.5. The lowest BCUT2D eigenvalue weighted by Crippen LogP contribution is -2.28. The summed E-state index contributed by atoms with van der Waals surface area (Å²) in [5, 5.41) is 3.49. The van der Waals surface area contributed by atoms with Crippen molar-refractivity contribution in [2.75, 3.05) is 10.2 Å². The number of benzene rings is 2. The molecular weight excluding hydrogens is 422 g/mol. The van der Waals surface area contributed by atoms with Gasteiger partial charge in [-0.25, -0.2) is 4.79 Å². The number of fused-ring (bicyclic) bond motifs is 1. The Morgan fingerprint density at radius 2 is 1.61 bits per heavy atom. The zero-order chi connectivity index (χ0) is 23.7. The van der Waals surface area contributed by atoms with Gasteiger partial charge in [0.25, 0.3) is 5.91 Å². The minimum Gasteiger partial charge on any atom is -0.459 e. The summed E-state index contributed by atoms with van der Waals surface area (Å²) in [6.45, 7) is 5.36. The molecule has 1 aromatic heterocycles. The number of nitrogens with one attached hydrogen (secondary N) is 1. The molecule has 1 fully saturated rings. The molecule has 33 heavy (non-hydrogen) atoms. The maximum absolute atomic E-state index is 12.9. The standard InChI is InChI=1S/C25H23N3O5/c1-14(2)33-25(32)17-6-9-20-19(13-17)21(12-15(3)26-20)27-24(31)16-4-7-18(8-5-16)28-22(29)10-11-23(28)30/h4-9,12-14H,10-11H2,1-3H3,(H,26,27,31). The Balaban J connectivity index is 1.61. The third kappa shape index (κ3) is 4.59. The zero-order valence-electron chi connectivity index (χ0n) is 18.5. The number of hydrogen-bond donors (Lipinski definition) is 1. The molecular formula is C25H23N3O5. The number of imide groups is 1. The Morgan fingerprint density at radius 3 is 2.24 bits per heavy atom. The fourth-order valence-electron chi connectivity index (χ4n) is 3.69. The Labute approximate surface area is 190 Å². The number of rotatable bonds is 5. The maximum Gasteiger partial charge on any atom is 0.338 e. The van der Waals surface area contributed by atoms with Crippen LogP contribution >= 0.6 is 0 Å². The molecule has 0 bridgehead atoms. The van der Waals surface area contributed by atoms with E-state index in [0.717, 1.165) is 4.90 Å². The molecule has 4 rings (SSSR count). The van der Waals surface area contributed by atoms with E-state index in [-0.39, 0.29) is 36.7 Å². The number of nitrogens with zero attached hydrogens (tertiary/aromatic N) is 2. The predicted molar refractivity (Wildman–Crippen MR) is 123 cm³/mol. The second kappa shape index (κ2) is 8.82. The average Bonchev–Trinajstić information content (AvgIpc) is 3.11. The van der Waals surface area contributed by atoms with Gasteiger partial charge in [-0.15, -0.1) is 0 Å². The predicted octanol–water partition coefficient (Wildman–Crippen LogP) is 4.01. The summed E-state index contributed by atoms with van der Waals surface area (Å²) >= 11 is 0. The van der Waals surface area contributed by atoms with Crippen LogP contribution in [-0.4, -0.2) is 34.8 Å². The molecule has 0 aliphatic carbocycles. The summed E-state index contributed by atoms with van der Waals surface area (Å²) in [4.78, 5) is 54.7. The van der Waals surface area contributed by atoms with Gasteiger partial charge in [0.2, 0.25) is 11.8 Å². The summed E-state index contributed by atoms with van der Waals surface area (Å²) in [5.41, 5.74) is 3.01. The molecule has 168 valence electrons. The number of aromatic nitrogens is 1. The largest absolute Gasteiger partial charge is 0.459 e. The molecule has 3 aromatic rings. The van der Waals surface area contributed by atoms with Crippen LogP contribution in [0.4, 0.5) is 11.4 Å². The van der Waals surface area contributed by atoms with Gasteiger partial charge < -0.3 is 10.1 Å². The minimum absolute atomic E-state index is 0.197. The molecule has 1 aliphatic heterocycles. The number of anilines is 2. The van der Waals surface area contributed by atoms with Gasteiger partial charge in [0.15, 0.2) is 0 Å². The summed E-state index contributed by atoms with van der Waals surface area (Å²) < 4.78 is 5.27. The van der Waals surface area contributed by atoms with Crippen molar-refractivity contribution in [3.63, 3.8) is 0 Å². The van der Waals surface area contributed by atoms with Crippen LogP contribution < -0.4 is 10.2 Å². The summed E-state index contributed by atoms with van der Waals surface area (Å²) in [7, 11) is 0. The van der Waals surface area contributed by atoms with Gasteiger partial charge in [-0.3, -0.25) is 24.3 Å². The Kier molecular flexibility index (Phi) is 5.91. The van der Waals surface area contributed by atoms with E-state index < -0.39 is 5.97 Å². The molecule has 0 saturated carbocycles. The van der Waals surface area contributed by atoms with E-state index in [0.29, 0.717) is 39.1 Å². The van der Waals surface area contributed by atoms with Crippen molar-refractivity contribution in [1.82, 2.24) is 4.98 Å². The first-order chi connectivity index (χ1) is 15.7. The van der Waals surface area contributed by atoms with Crippen LogP contribution in [0.15, 0.2) is 48.5 Å². The number of esters is 1. The lowest BCUT2D eigenvalue weighted by Gasteiger charge is -2.15. The minimum atomic E-state index is -0.452. The van der Waals surface area contributed by atoms with Crippen molar-refractivity contribution in [3.8, 4) is 0 Å². The van der Waals surface area contributed by atoms with E-state index in [4.69, 9.17) is 4.74 Å². The molecule has 0 radical (unpaired) electrons. The highest BCUT2D eigenvalue weighted by molar-refractivity contribution is 6.20. The highest BCUT2D eigenvalue weighted by Crippen LogP contribution is 2.27. The van der Waals surface area contributed by atoms with Crippen molar-refractivity contribution < 1.29 is 23.9 Å². The van der Waals surface area contributed by atoms with Crippen LogP contribution in [0.1, 0.15) is 53.1 Å². The van der Waals surface area contributed by atoms with Crippen molar-refractivity contribution >= 4 is 46.0 Å². The molecule has 0 unspecified atom stereocenters. The number of carbonyl (C=O) groups excluding carboxylic acids is 4. The fourth-order valence-corrected chi connectivity index (χ4v) is 3.69.